The van der Waals surface area contributed by atoms with Crippen LogP contribution in [0.2, 0.25) is 0 Å². The molecule has 0 aliphatic rings. The van der Waals surface area contributed by atoms with Crippen molar-refractivity contribution in [1.82, 2.24) is 0 Å². The summed E-state index contributed by atoms with van der Waals surface area (Å²) in [5.41, 5.74) is 0. The van der Waals surface area contributed by atoms with E-state index in [4.69, 9.17) is 14.2 Å². The van der Waals surface area contributed by atoms with Gasteiger partial charge < -0.3 is 14.2 Å². The quantitative estimate of drug-likeness (QED) is 0.0346. The molecular formula is C59H98O5. The van der Waals surface area contributed by atoms with Gasteiger partial charge in [0.25, 0.3) is 0 Å². The molecule has 0 fully saturated rings. The SMILES string of the molecule is CC/C=C\C/C=C\C/C=C\C/C=C\C/C=C\CC(=O)OCC(COCCCCCCCCCC/C=C\CCCCCCCC)OC(=O)CCCCCCC/C=C\C/C=C\C/C=C\CC. The summed E-state index contributed by atoms with van der Waals surface area (Å²) in [7, 11) is 0. The molecule has 1 unspecified atom stereocenters. The van der Waals surface area contributed by atoms with Gasteiger partial charge in [0, 0.05) is 13.0 Å². The van der Waals surface area contributed by atoms with Crippen LogP contribution in [0.4, 0.5) is 0 Å². The van der Waals surface area contributed by atoms with Gasteiger partial charge in [0.05, 0.1) is 13.0 Å². The summed E-state index contributed by atoms with van der Waals surface area (Å²) in [6, 6.07) is 0. The first-order valence-corrected chi connectivity index (χ1v) is 26.4. The summed E-state index contributed by atoms with van der Waals surface area (Å²) in [5.74, 6) is -0.568. The lowest BCUT2D eigenvalue weighted by Gasteiger charge is -2.18. The number of allylic oxidation sites excluding steroid dienone is 17. The fourth-order valence-corrected chi connectivity index (χ4v) is 6.94. The molecule has 0 heterocycles. The van der Waals surface area contributed by atoms with Crippen molar-refractivity contribution in [3.05, 3.63) is 109 Å². The van der Waals surface area contributed by atoms with Gasteiger partial charge in [-0.15, -0.1) is 0 Å². The molecule has 0 aromatic heterocycles. The Labute approximate surface area is 395 Å². The Hall–Kier alpha value is -3.44. The van der Waals surface area contributed by atoms with Crippen molar-refractivity contribution < 1.29 is 23.8 Å². The lowest BCUT2D eigenvalue weighted by molar-refractivity contribution is -0.162. The summed E-state index contributed by atoms with van der Waals surface area (Å²) in [5, 5.41) is 0. The molecule has 0 amide bonds. The summed E-state index contributed by atoms with van der Waals surface area (Å²) in [4.78, 5) is 25.4. The molecule has 0 aliphatic heterocycles. The van der Waals surface area contributed by atoms with E-state index in [0.717, 1.165) is 89.9 Å². The van der Waals surface area contributed by atoms with Gasteiger partial charge in [-0.3, -0.25) is 9.59 Å². The monoisotopic (exact) mass is 887 g/mol. The Morgan fingerprint density at radius 1 is 0.375 bits per heavy atom. The molecule has 0 aliphatic carbocycles. The highest BCUT2D eigenvalue weighted by atomic mass is 16.6. The molecule has 0 N–H and O–H groups in total. The average molecular weight is 887 g/mol. The number of rotatable bonds is 47. The van der Waals surface area contributed by atoms with E-state index in [9.17, 15) is 9.59 Å². The van der Waals surface area contributed by atoms with Gasteiger partial charge in [-0.2, -0.15) is 0 Å². The third-order valence-corrected chi connectivity index (χ3v) is 10.8. The normalized spacial score (nSPS) is 13.1. The summed E-state index contributed by atoms with van der Waals surface area (Å²) in [6.07, 6.45) is 74.1. The van der Waals surface area contributed by atoms with Crippen LogP contribution in [0.25, 0.3) is 0 Å². The van der Waals surface area contributed by atoms with Crippen molar-refractivity contribution in [1.29, 1.82) is 0 Å². The molecule has 0 bridgehead atoms. The number of carbonyl (C=O) groups is 2. The Balaban J connectivity index is 4.42. The summed E-state index contributed by atoms with van der Waals surface area (Å²) < 4.78 is 17.3. The van der Waals surface area contributed by atoms with Crippen LogP contribution in [0, 0.1) is 0 Å². The van der Waals surface area contributed by atoms with Crippen molar-refractivity contribution in [2.24, 2.45) is 0 Å². The highest BCUT2D eigenvalue weighted by Crippen LogP contribution is 2.13. The molecule has 0 spiro atoms. The molecule has 364 valence electrons. The standard InChI is InChI=1S/C59H98O5/c1-4-7-10-13-16-19-22-25-28-29-30-33-36-39-42-45-48-51-54-62-55-57(64-59(61)53-50-47-44-41-38-35-32-27-24-21-18-15-12-9-6-3)56-63-58(60)52-49-46-43-40-37-34-31-26-23-20-17-14-11-8-5-2/h8-9,11-12,17-18,20-21,25-28,31-32,37,40,46,49,57H,4-7,10,13-16,19,22-24,29-30,33-36,38-39,41-45,47-48,50-56H2,1-3H3/b11-8-,12-9-,20-17-,21-18-,28-25-,31-26-,32-27-,40-37-,49-46-. The van der Waals surface area contributed by atoms with Gasteiger partial charge in [0.1, 0.15) is 6.61 Å². The van der Waals surface area contributed by atoms with E-state index < -0.39 is 6.10 Å². The van der Waals surface area contributed by atoms with Crippen molar-refractivity contribution in [3.8, 4) is 0 Å². The molecule has 0 saturated carbocycles. The van der Waals surface area contributed by atoms with E-state index in [1.54, 1.807) is 0 Å². The maximum absolute atomic E-state index is 12.8. The molecule has 0 rings (SSSR count). The van der Waals surface area contributed by atoms with E-state index in [2.05, 4.69) is 118 Å². The van der Waals surface area contributed by atoms with Gasteiger partial charge in [0.2, 0.25) is 0 Å². The third kappa shape index (κ3) is 51.2. The second kappa shape index (κ2) is 53.9. The number of ether oxygens (including phenoxy) is 3. The number of hydrogen-bond donors (Lipinski definition) is 0. The zero-order valence-corrected chi connectivity index (χ0v) is 41.8. The van der Waals surface area contributed by atoms with Crippen molar-refractivity contribution >= 4 is 11.9 Å². The van der Waals surface area contributed by atoms with Gasteiger partial charge in [-0.25, -0.2) is 0 Å². The van der Waals surface area contributed by atoms with E-state index in [1.807, 2.05) is 12.2 Å². The fourth-order valence-electron chi connectivity index (χ4n) is 6.94. The Kier molecular flexibility index (Phi) is 51.0. The zero-order valence-electron chi connectivity index (χ0n) is 41.8. The zero-order chi connectivity index (χ0) is 46.3. The molecule has 1 atom stereocenters. The molecule has 0 saturated heterocycles. The Morgan fingerprint density at radius 3 is 1.22 bits per heavy atom. The van der Waals surface area contributed by atoms with E-state index in [0.29, 0.717) is 13.0 Å². The van der Waals surface area contributed by atoms with Crippen LogP contribution < -0.4 is 0 Å². The largest absolute Gasteiger partial charge is 0.461 e. The molecule has 0 radical (unpaired) electrons. The van der Waals surface area contributed by atoms with E-state index >= 15 is 0 Å². The van der Waals surface area contributed by atoms with E-state index in [-0.39, 0.29) is 31.6 Å². The first-order valence-electron chi connectivity index (χ1n) is 26.4. The first-order chi connectivity index (χ1) is 31.6. The highest BCUT2D eigenvalue weighted by molar-refractivity contribution is 5.71. The van der Waals surface area contributed by atoms with Crippen LogP contribution >= 0.6 is 0 Å². The molecule has 5 heteroatoms. The van der Waals surface area contributed by atoms with Crippen molar-refractivity contribution in [2.75, 3.05) is 19.8 Å². The predicted molar refractivity (Wildman–Crippen MR) is 279 cm³/mol. The molecule has 0 aromatic rings. The Bertz CT molecular complexity index is 1280. The smallest absolute Gasteiger partial charge is 0.309 e. The van der Waals surface area contributed by atoms with Gasteiger partial charge in [-0.1, -0.05) is 220 Å². The van der Waals surface area contributed by atoms with Gasteiger partial charge >= 0.3 is 11.9 Å². The summed E-state index contributed by atoms with van der Waals surface area (Å²) in [6.45, 7) is 7.46. The number of esters is 2. The van der Waals surface area contributed by atoms with E-state index in [1.165, 1.54) is 103 Å². The second-order valence-electron chi connectivity index (χ2n) is 17.0. The minimum Gasteiger partial charge on any atom is -0.461 e. The molecule has 5 nitrogen and oxygen atoms in total. The van der Waals surface area contributed by atoms with Crippen molar-refractivity contribution in [2.45, 2.75) is 232 Å². The average Bonchev–Trinajstić information content (AvgIpc) is 3.30. The molecule has 0 aromatic carbocycles. The highest BCUT2D eigenvalue weighted by Gasteiger charge is 2.17. The van der Waals surface area contributed by atoms with Crippen LogP contribution in [0.15, 0.2) is 109 Å². The van der Waals surface area contributed by atoms with Crippen LogP contribution in [0.5, 0.6) is 0 Å². The van der Waals surface area contributed by atoms with Crippen molar-refractivity contribution in [3.63, 3.8) is 0 Å². The minimum absolute atomic E-state index is 0.0173. The minimum atomic E-state index is -0.593. The van der Waals surface area contributed by atoms with Gasteiger partial charge in [-0.05, 0) is 103 Å². The lowest BCUT2D eigenvalue weighted by Crippen LogP contribution is -2.30. The maximum Gasteiger partial charge on any atom is 0.309 e. The lowest BCUT2D eigenvalue weighted by atomic mass is 10.1. The second-order valence-corrected chi connectivity index (χ2v) is 17.0. The molecule has 64 heavy (non-hydrogen) atoms. The third-order valence-electron chi connectivity index (χ3n) is 10.8. The topological polar surface area (TPSA) is 61.8 Å². The summed E-state index contributed by atoms with van der Waals surface area (Å²) >= 11 is 0. The fraction of sp³-hybridized carbons (Fsp3) is 0.661. The predicted octanol–water partition coefficient (Wildman–Crippen LogP) is 18.0. The number of unbranched alkanes of at least 4 members (excludes halogenated alkanes) is 19. The first kappa shape index (κ1) is 60.6. The number of carbonyl (C=O) groups excluding carboxylic acids is 2. The van der Waals surface area contributed by atoms with Crippen LogP contribution in [-0.4, -0.2) is 37.9 Å². The van der Waals surface area contributed by atoms with Gasteiger partial charge in [0.15, 0.2) is 6.10 Å². The Morgan fingerprint density at radius 2 is 0.750 bits per heavy atom. The molecular weight excluding hydrogens is 789 g/mol. The van der Waals surface area contributed by atoms with Crippen LogP contribution in [-0.2, 0) is 23.8 Å². The van der Waals surface area contributed by atoms with Crippen LogP contribution in [0.1, 0.15) is 226 Å². The van der Waals surface area contributed by atoms with Crippen LogP contribution in [0.3, 0.4) is 0 Å². The maximum atomic E-state index is 12.8. The number of hydrogen-bond acceptors (Lipinski definition) is 5.